The van der Waals surface area contributed by atoms with E-state index in [1.165, 1.54) is 5.57 Å². The fourth-order valence-electron chi connectivity index (χ4n) is 2.10. The molecule has 0 saturated carbocycles. The third-order valence-electron chi connectivity index (χ3n) is 3.12. The van der Waals surface area contributed by atoms with Crippen molar-refractivity contribution in [2.45, 2.75) is 19.8 Å². The molecule has 0 fully saturated rings. The molecule has 0 unspecified atom stereocenters. The van der Waals surface area contributed by atoms with Crippen LogP contribution < -0.4 is 10.6 Å². The molecule has 0 aromatic carbocycles. The van der Waals surface area contributed by atoms with Gasteiger partial charge in [-0.2, -0.15) is 5.10 Å². The van der Waals surface area contributed by atoms with Crippen LogP contribution in [0.1, 0.15) is 29.4 Å². The number of aryl methyl sites for hydroxylation is 2. The van der Waals surface area contributed by atoms with Crippen molar-refractivity contribution in [3.8, 4) is 0 Å². The molecule has 5 heteroatoms. The summed E-state index contributed by atoms with van der Waals surface area (Å²) in [7, 11) is 1.84. The Balaban J connectivity index is 1.96. The maximum atomic E-state index is 12.1. The molecule has 2 N–H and O–H groups in total. The van der Waals surface area contributed by atoms with Gasteiger partial charge in [0.05, 0.1) is 11.3 Å². The second kappa shape index (κ2) is 5.82. The predicted octanol–water partition coefficient (Wildman–Crippen LogP) is 0.632. The first kappa shape index (κ1) is 12.8. The largest absolute Gasteiger partial charge is 0.348 e. The van der Waals surface area contributed by atoms with Crippen molar-refractivity contribution in [2.75, 3.05) is 19.6 Å². The Morgan fingerprint density at radius 1 is 1.61 bits per heavy atom. The van der Waals surface area contributed by atoms with Crippen molar-refractivity contribution in [3.63, 3.8) is 0 Å². The van der Waals surface area contributed by atoms with Crippen molar-refractivity contribution < 1.29 is 4.79 Å². The highest BCUT2D eigenvalue weighted by Crippen LogP contribution is 2.08. The lowest BCUT2D eigenvalue weighted by Gasteiger charge is -2.14. The van der Waals surface area contributed by atoms with E-state index in [0.717, 1.165) is 31.6 Å². The van der Waals surface area contributed by atoms with Crippen LogP contribution in [0.2, 0.25) is 0 Å². The molecule has 18 heavy (non-hydrogen) atoms. The van der Waals surface area contributed by atoms with Crippen LogP contribution in [0.25, 0.3) is 0 Å². The molecule has 1 aliphatic heterocycles. The average molecular weight is 248 g/mol. The van der Waals surface area contributed by atoms with E-state index in [4.69, 9.17) is 0 Å². The van der Waals surface area contributed by atoms with Gasteiger partial charge >= 0.3 is 0 Å². The molecule has 0 radical (unpaired) electrons. The van der Waals surface area contributed by atoms with E-state index < -0.39 is 0 Å². The van der Waals surface area contributed by atoms with E-state index in [-0.39, 0.29) is 5.91 Å². The molecule has 5 nitrogen and oxygen atoms in total. The average Bonchev–Trinajstić information content (AvgIpc) is 2.78. The molecular formula is C13H20N4O. The topological polar surface area (TPSA) is 59.0 Å². The van der Waals surface area contributed by atoms with Crippen molar-refractivity contribution in [1.82, 2.24) is 20.4 Å². The van der Waals surface area contributed by atoms with Gasteiger partial charge in [-0.25, -0.2) is 0 Å². The van der Waals surface area contributed by atoms with E-state index in [1.54, 1.807) is 10.9 Å². The van der Waals surface area contributed by atoms with Gasteiger partial charge in [0.25, 0.3) is 5.91 Å². The van der Waals surface area contributed by atoms with E-state index in [9.17, 15) is 4.79 Å². The molecule has 0 saturated heterocycles. The van der Waals surface area contributed by atoms with Gasteiger partial charge in [0.15, 0.2) is 0 Å². The minimum atomic E-state index is -0.0283. The van der Waals surface area contributed by atoms with Gasteiger partial charge in [0.1, 0.15) is 0 Å². The van der Waals surface area contributed by atoms with Crippen LogP contribution in [-0.2, 0) is 13.5 Å². The number of carbonyl (C=O) groups is 1. The summed E-state index contributed by atoms with van der Waals surface area (Å²) in [6.07, 6.45) is 5.71. The van der Waals surface area contributed by atoms with E-state index in [1.807, 2.05) is 14.0 Å². The Labute approximate surface area is 107 Å². The summed E-state index contributed by atoms with van der Waals surface area (Å²) in [4.78, 5) is 12.1. The van der Waals surface area contributed by atoms with Crippen LogP contribution >= 0.6 is 0 Å². The lowest BCUT2D eigenvalue weighted by atomic mass is 10.1. The van der Waals surface area contributed by atoms with E-state index in [2.05, 4.69) is 21.8 Å². The van der Waals surface area contributed by atoms with Gasteiger partial charge in [0.2, 0.25) is 0 Å². The van der Waals surface area contributed by atoms with Crippen LogP contribution in [0.4, 0.5) is 0 Å². The molecule has 2 heterocycles. The first-order valence-corrected chi connectivity index (χ1v) is 6.40. The second-order valence-corrected chi connectivity index (χ2v) is 4.52. The number of nitrogens with zero attached hydrogens (tertiary/aromatic N) is 2. The molecule has 0 bridgehead atoms. The standard InChI is InChI=1S/C13H20N4O/c1-3-12-11(9-17(2)16-12)13(18)15-8-10-4-6-14-7-5-10/h4,9,14H,3,5-8H2,1-2H3,(H,15,18). The highest BCUT2D eigenvalue weighted by molar-refractivity contribution is 5.95. The Hall–Kier alpha value is -1.62. The summed E-state index contributed by atoms with van der Waals surface area (Å²) >= 11 is 0. The summed E-state index contributed by atoms with van der Waals surface area (Å²) < 4.78 is 1.69. The van der Waals surface area contributed by atoms with Gasteiger partial charge in [-0.05, 0) is 19.4 Å². The summed E-state index contributed by atoms with van der Waals surface area (Å²) in [5.41, 5.74) is 2.84. The quantitative estimate of drug-likeness (QED) is 0.768. The lowest BCUT2D eigenvalue weighted by molar-refractivity contribution is 0.0955. The van der Waals surface area contributed by atoms with Crippen LogP contribution in [-0.4, -0.2) is 35.3 Å². The first-order valence-electron chi connectivity index (χ1n) is 6.40. The highest BCUT2D eigenvalue weighted by atomic mass is 16.1. The normalized spacial score (nSPS) is 15.3. The fourth-order valence-corrected chi connectivity index (χ4v) is 2.10. The summed E-state index contributed by atoms with van der Waals surface area (Å²) in [5.74, 6) is -0.0283. The maximum absolute atomic E-state index is 12.1. The fraction of sp³-hybridized carbons (Fsp3) is 0.538. The summed E-state index contributed by atoms with van der Waals surface area (Å²) in [6, 6.07) is 0. The maximum Gasteiger partial charge on any atom is 0.255 e. The smallest absolute Gasteiger partial charge is 0.255 e. The van der Waals surface area contributed by atoms with E-state index in [0.29, 0.717) is 12.1 Å². The van der Waals surface area contributed by atoms with Gasteiger partial charge in [-0.1, -0.05) is 18.6 Å². The number of hydrogen-bond donors (Lipinski definition) is 2. The monoisotopic (exact) mass is 248 g/mol. The zero-order valence-corrected chi connectivity index (χ0v) is 11.0. The number of nitrogens with one attached hydrogen (secondary N) is 2. The molecule has 1 amide bonds. The number of aromatic nitrogens is 2. The Bertz CT molecular complexity index is 462. The molecule has 0 aliphatic carbocycles. The van der Waals surface area contributed by atoms with Crippen molar-refractivity contribution >= 4 is 5.91 Å². The Morgan fingerprint density at radius 2 is 2.44 bits per heavy atom. The molecule has 0 atom stereocenters. The zero-order chi connectivity index (χ0) is 13.0. The summed E-state index contributed by atoms with van der Waals surface area (Å²) in [5, 5.41) is 10.5. The van der Waals surface area contributed by atoms with E-state index >= 15 is 0 Å². The lowest BCUT2D eigenvalue weighted by Crippen LogP contribution is -2.29. The van der Waals surface area contributed by atoms with Gasteiger partial charge in [-0.15, -0.1) is 0 Å². The van der Waals surface area contributed by atoms with Crippen molar-refractivity contribution in [2.24, 2.45) is 7.05 Å². The van der Waals surface area contributed by atoms with Crippen LogP contribution in [0.3, 0.4) is 0 Å². The van der Waals surface area contributed by atoms with Crippen LogP contribution in [0.15, 0.2) is 17.8 Å². The molecular weight excluding hydrogens is 228 g/mol. The minimum Gasteiger partial charge on any atom is -0.348 e. The highest BCUT2D eigenvalue weighted by Gasteiger charge is 2.14. The number of rotatable bonds is 4. The number of hydrogen-bond acceptors (Lipinski definition) is 3. The van der Waals surface area contributed by atoms with Crippen molar-refractivity contribution in [1.29, 1.82) is 0 Å². The molecule has 98 valence electrons. The van der Waals surface area contributed by atoms with Gasteiger partial charge < -0.3 is 10.6 Å². The van der Waals surface area contributed by atoms with Crippen LogP contribution in [0, 0.1) is 0 Å². The van der Waals surface area contributed by atoms with Crippen molar-refractivity contribution in [3.05, 3.63) is 29.1 Å². The van der Waals surface area contributed by atoms with Gasteiger partial charge in [-0.3, -0.25) is 9.48 Å². The zero-order valence-electron chi connectivity index (χ0n) is 11.0. The third kappa shape index (κ3) is 2.98. The molecule has 2 rings (SSSR count). The molecule has 1 aromatic heterocycles. The first-order chi connectivity index (χ1) is 8.70. The molecule has 0 spiro atoms. The summed E-state index contributed by atoms with van der Waals surface area (Å²) in [6.45, 7) is 4.54. The number of carbonyl (C=O) groups excluding carboxylic acids is 1. The Kier molecular flexibility index (Phi) is 4.15. The Morgan fingerprint density at radius 3 is 3.11 bits per heavy atom. The molecule has 1 aliphatic rings. The minimum absolute atomic E-state index is 0.0283. The predicted molar refractivity (Wildman–Crippen MR) is 70.5 cm³/mol. The molecule has 1 aromatic rings. The SMILES string of the molecule is CCc1nn(C)cc1C(=O)NCC1=CCNCC1. The van der Waals surface area contributed by atoms with Crippen LogP contribution in [0.5, 0.6) is 0 Å². The second-order valence-electron chi connectivity index (χ2n) is 4.52. The third-order valence-corrected chi connectivity index (χ3v) is 3.12. The van der Waals surface area contributed by atoms with Gasteiger partial charge in [0, 0.05) is 26.3 Å². The number of amides is 1.